The quantitative estimate of drug-likeness (QED) is 0.637. The van der Waals surface area contributed by atoms with Crippen molar-refractivity contribution in [2.45, 2.75) is 38.1 Å². The highest BCUT2D eigenvalue weighted by Crippen LogP contribution is 2.30. The van der Waals surface area contributed by atoms with E-state index >= 15 is 0 Å². The maximum atomic E-state index is 5.04. The first-order valence-corrected chi connectivity index (χ1v) is 11.9. The minimum absolute atomic E-state index is 0.534. The predicted octanol–water partition coefficient (Wildman–Crippen LogP) is 4.42. The molecule has 0 atom stereocenters. The second-order valence-corrected chi connectivity index (χ2v) is 8.84. The van der Waals surface area contributed by atoms with Gasteiger partial charge in [0.2, 0.25) is 0 Å². The van der Waals surface area contributed by atoms with Gasteiger partial charge in [-0.3, -0.25) is 0 Å². The summed E-state index contributed by atoms with van der Waals surface area (Å²) in [6.07, 6.45) is 8.33. The summed E-state index contributed by atoms with van der Waals surface area (Å²) in [6, 6.07) is 9.06. The maximum Gasteiger partial charge on any atom is 0.129 e. The van der Waals surface area contributed by atoms with Crippen molar-refractivity contribution in [3.05, 3.63) is 41.4 Å². The zero-order valence-electron chi connectivity index (χ0n) is 17.2. The number of nitrogens with one attached hydrogen (secondary N) is 2. The highest BCUT2D eigenvalue weighted by atomic mass is 32.1. The van der Waals surface area contributed by atoms with Gasteiger partial charge in [0.15, 0.2) is 0 Å². The van der Waals surface area contributed by atoms with Gasteiger partial charge in [0.05, 0.1) is 16.9 Å². The SMILES string of the molecule is c1cc(-c2cc(-c3cscn3)cc(N3CCNCC3)n2)cc(NC2CCCCC2)n1. The molecule has 0 radical (unpaired) electrons. The van der Waals surface area contributed by atoms with Crippen LogP contribution in [0.4, 0.5) is 11.6 Å². The standard InChI is InChI=1S/C23H28N6S/c1-2-4-19(5-3-1)27-22-13-17(6-7-25-22)20-12-18(21-15-30-16-26-21)14-23(28-20)29-10-8-24-9-11-29/h6-7,12-16,19,24H,1-5,8-11H2,(H,25,27). The summed E-state index contributed by atoms with van der Waals surface area (Å²) >= 11 is 1.62. The van der Waals surface area contributed by atoms with E-state index in [2.05, 4.69) is 55.1 Å². The molecule has 4 heterocycles. The lowest BCUT2D eigenvalue weighted by Crippen LogP contribution is -2.43. The first-order valence-electron chi connectivity index (χ1n) is 10.9. The number of piperazine rings is 1. The van der Waals surface area contributed by atoms with Crippen LogP contribution in [-0.4, -0.2) is 47.2 Å². The molecule has 0 aromatic carbocycles. The molecule has 7 heteroatoms. The summed E-state index contributed by atoms with van der Waals surface area (Å²) in [5, 5.41) is 9.17. The van der Waals surface area contributed by atoms with Crippen molar-refractivity contribution in [1.82, 2.24) is 20.3 Å². The van der Waals surface area contributed by atoms with Gasteiger partial charge in [-0.2, -0.15) is 0 Å². The fourth-order valence-electron chi connectivity index (χ4n) is 4.35. The molecule has 2 fully saturated rings. The number of aromatic nitrogens is 3. The molecule has 2 aliphatic rings. The molecule has 30 heavy (non-hydrogen) atoms. The van der Waals surface area contributed by atoms with E-state index in [1.54, 1.807) is 11.3 Å². The summed E-state index contributed by atoms with van der Waals surface area (Å²) in [5.74, 6) is 1.97. The topological polar surface area (TPSA) is 66.0 Å². The molecule has 2 N–H and O–H groups in total. The molecule has 1 aliphatic heterocycles. The molecule has 156 valence electrons. The van der Waals surface area contributed by atoms with Crippen molar-refractivity contribution >= 4 is 23.0 Å². The second kappa shape index (κ2) is 9.10. The van der Waals surface area contributed by atoms with Gasteiger partial charge in [0.1, 0.15) is 11.6 Å². The number of hydrogen-bond donors (Lipinski definition) is 2. The number of rotatable bonds is 5. The van der Waals surface area contributed by atoms with E-state index in [1.165, 1.54) is 32.1 Å². The van der Waals surface area contributed by atoms with E-state index in [4.69, 9.17) is 4.98 Å². The number of pyridine rings is 2. The van der Waals surface area contributed by atoms with Crippen LogP contribution in [0.15, 0.2) is 41.4 Å². The largest absolute Gasteiger partial charge is 0.367 e. The Morgan fingerprint density at radius 2 is 1.83 bits per heavy atom. The van der Waals surface area contributed by atoms with E-state index in [1.807, 2.05) is 11.7 Å². The van der Waals surface area contributed by atoms with E-state index in [0.29, 0.717) is 6.04 Å². The second-order valence-electron chi connectivity index (χ2n) is 8.12. The zero-order chi connectivity index (χ0) is 20.2. The van der Waals surface area contributed by atoms with Crippen LogP contribution in [0.2, 0.25) is 0 Å². The monoisotopic (exact) mass is 420 g/mol. The molecule has 0 spiro atoms. The highest BCUT2D eigenvalue weighted by Gasteiger charge is 2.17. The summed E-state index contributed by atoms with van der Waals surface area (Å²) in [6.45, 7) is 3.92. The molecule has 0 amide bonds. The van der Waals surface area contributed by atoms with Crippen LogP contribution in [-0.2, 0) is 0 Å². The Balaban J connectivity index is 1.48. The number of nitrogens with zero attached hydrogens (tertiary/aromatic N) is 4. The first kappa shape index (κ1) is 19.5. The Morgan fingerprint density at radius 1 is 0.967 bits per heavy atom. The molecular weight excluding hydrogens is 392 g/mol. The first-order chi connectivity index (χ1) is 14.8. The third-order valence-corrected chi connectivity index (χ3v) is 6.58. The number of anilines is 2. The lowest BCUT2D eigenvalue weighted by Gasteiger charge is -2.29. The van der Waals surface area contributed by atoms with Crippen LogP contribution in [0.25, 0.3) is 22.5 Å². The van der Waals surface area contributed by atoms with Crippen LogP contribution < -0.4 is 15.5 Å². The minimum atomic E-state index is 0.534. The summed E-state index contributed by atoms with van der Waals surface area (Å²) in [7, 11) is 0. The number of hydrogen-bond acceptors (Lipinski definition) is 7. The molecule has 0 bridgehead atoms. The highest BCUT2D eigenvalue weighted by molar-refractivity contribution is 7.07. The number of thiazole rings is 1. The molecule has 5 rings (SSSR count). The molecule has 0 unspecified atom stereocenters. The summed E-state index contributed by atoms with van der Waals surface area (Å²) in [5.41, 5.74) is 6.08. The maximum absolute atomic E-state index is 5.04. The van der Waals surface area contributed by atoms with Crippen LogP contribution >= 0.6 is 11.3 Å². The van der Waals surface area contributed by atoms with Gasteiger partial charge in [0, 0.05) is 54.9 Å². The Kier molecular flexibility index (Phi) is 5.90. The van der Waals surface area contributed by atoms with Crippen molar-refractivity contribution in [3.63, 3.8) is 0 Å². The molecule has 1 saturated heterocycles. The average molecular weight is 421 g/mol. The average Bonchev–Trinajstić information content (AvgIpc) is 3.35. The molecular formula is C23H28N6S. The van der Waals surface area contributed by atoms with Gasteiger partial charge >= 0.3 is 0 Å². The van der Waals surface area contributed by atoms with Gasteiger partial charge < -0.3 is 15.5 Å². The fourth-order valence-corrected chi connectivity index (χ4v) is 4.91. The predicted molar refractivity (Wildman–Crippen MR) is 124 cm³/mol. The fraction of sp³-hybridized carbons (Fsp3) is 0.435. The Labute approximate surface area is 181 Å². The van der Waals surface area contributed by atoms with Crippen molar-refractivity contribution in [2.75, 3.05) is 36.4 Å². The normalized spacial score (nSPS) is 17.8. The van der Waals surface area contributed by atoms with E-state index in [-0.39, 0.29) is 0 Å². The lowest BCUT2D eigenvalue weighted by molar-refractivity contribution is 0.462. The Hall–Kier alpha value is -2.51. The Morgan fingerprint density at radius 3 is 2.63 bits per heavy atom. The third kappa shape index (κ3) is 4.47. The molecule has 6 nitrogen and oxygen atoms in total. The van der Waals surface area contributed by atoms with Gasteiger partial charge in [-0.15, -0.1) is 11.3 Å². The molecule has 3 aromatic heterocycles. The van der Waals surface area contributed by atoms with Gasteiger partial charge in [-0.25, -0.2) is 15.0 Å². The molecule has 3 aromatic rings. The van der Waals surface area contributed by atoms with Gasteiger partial charge in [-0.05, 0) is 37.1 Å². The summed E-state index contributed by atoms with van der Waals surface area (Å²) < 4.78 is 0. The zero-order valence-corrected chi connectivity index (χ0v) is 18.0. The Bertz CT molecular complexity index is 962. The van der Waals surface area contributed by atoms with Crippen molar-refractivity contribution in [1.29, 1.82) is 0 Å². The van der Waals surface area contributed by atoms with Gasteiger partial charge in [0.25, 0.3) is 0 Å². The lowest BCUT2D eigenvalue weighted by atomic mass is 9.95. The van der Waals surface area contributed by atoms with Crippen LogP contribution in [0, 0.1) is 0 Å². The van der Waals surface area contributed by atoms with E-state index in [9.17, 15) is 0 Å². The van der Waals surface area contributed by atoms with Crippen molar-refractivity contribution in [2.24, 2.45) is 0 Å². The third-order valence-electron chi connectivity index (χ3n) is 5.99. The van der Waals surface area contributed by atoms with E-state index < -0.39 is 0 Å². The smallest absolute Gasteiger partial charge is 0.129 e. The van der Waals surface area contributed by atoms with Crippen molar-refractivity contribution in [3.8, 4) is 22.5 Å². The van der Waals surface area contributed by atoms with Gasteiger partial charge in [-0.1, -0.05) is 19.3 Å². The van der Waals surface area contributed by atoms with Crippen molar-refractivity contribution < 1.29 is 0 Å². The van der Waals surface area contributed by atoms with Crippen LogP contribution in [0.5, 0.6) is 0 Å². The molecule has 1 saturated carbocycles. The van der Waals surface area contributed by atoms with Crippen LogP contribution in [0.1, 0.15) is 32.1 Å². The van der Waals surface area contributed by atoms with E-state index in [0.717, 1.165) is 60.3 Å². The molecule has 1 aliphatic carbocycles. The summed E-state index contributed by atoms with van der Waals surface area (Å²) in [4.78, 5) is 16.5. The minimum Gasteiger partial charge on any atom is -0.367 e. The van der Waals surface area contributed by atoms with Crippen LogP contribution in [0.3, 0.4) is 0 Å².